The highest BCUT2D eigenvalue weighted by Crippen LogP contribution is 2.63. The summed E-state index contributed by atoms with van der Waals surface area (Å²) in [5, 5.41) is 19.6. The van der Waals surface area contributed by atoms with Crippen LogP contribution in [-0.2, 0) is 10.2 Å². The van der Waals surface area contributed by atoms with Gasteiger partial charge in [0.1, 0.15) is 0 Å². The summed E-state index contributed by atoms with van der Waals surface area (Å²) in [7, 11) is 0. The van der Waals surface area contributed by atoms with E-state index in [2.05, 4.69) is 0 Å². The minimum atomic E-state index is -3.44. The molecule has 0 heterocycles. The highest BCUT2D eigenvalue weighted by Gasteiger charge is 2.78. The molecule has 1 aliphatic rings. The Labute approximate surface area is 93.8 Å². The Morgan fingerprint density at radius 3 is 2.35 bits per heavy atom. The highest BCUT2D eigenvalue weighted by atomic mass is 19.3. The van der Waals surface area contributed by atoms with Crippen molar-refractivity contribution in [2.75, 3.05) is 0 Å². The summed E-state index contributed by atoms with van der Waals surface area (Å²) in [5.74, 6) is -5.18. The summed E-state index contributed by atoms with van der Waals surface area (Å²) in [6.07, 6.45) is -0.903. The van der Waals surface area contributed by atoms with Gasteiger partial charge in [-0.05, 0) is 0 Å². The molecule has 0 aromatic heterocycles. The first-order valence-electron chi connectivity index (χ1n) is 4.68. The van der Waals surface area contributed by atoms with Crippen molar-refractivity contribution in [1.82, 2.24) is 0 Å². The molecule has 1 aromatic carbocycles. The smallest absolute Gasteiger partial charge is 0.320 e. The Balaban J connectivity index is 2.62. The Bertz CT molecular complexity index is 517. The minimum absolute atomic E-state index is 0.442. The van der Waals surface area contributed by atoms with Crippen LogP contribution < -0.4 is 0 Å². The number of para-hydroxylation sites is 1. The number of aliphatic carboxylic acids is 1. The Morgan fingerprint density at radius 1 is 1.41 bits per heavy atom. The maximum Gasteiger partial charge on any atom is 0.320 e. The van der Waals surface area contributed by atoms with E-state index in [1.54, 1.807) is 0 Å². The number of hydrogen-bond donors (Lipinski definition) is 1. The lowest BCUT2D eigenvalue weighted by Gasteiger charge is -2.11. The summed E-state index contributed by atoms with van der Waals surface area (Å²) in [4.78, 5) is 20.8. The lowest BCUT2D eigenvalue weighted by Crippen LogP contribution is -2.27. The lowest BCUT2D eigenvalue weighted by atomic mass is 9.94. The van der Waals surface area contributed by atoms with Crippen molar-refractivity contribution in [3.8, 4) is 0 Å². The third-order valence-electron chi connectivity index (χ3n) is 2.91. The zero-order chi connectivity index (χ0) is 12.8. The molecule has 1 aromatic rings. The van der Waals surface area contributed by atoms with Crippen molar-refractivity contribution in [3.05, 3.63) is 39.9 Å². The zero-order valence-corrected chi connectivity index (χ0v) is 8.39. The van der Waals surface area contributed by atoms with Gasteiger partial charge in [0.05, 0.1) is 10.5 Å². The Kier molecular flexibility index (Phi) is 2.17. The second kappa shape index (κ2) is 3.22. The number of nitrogens with zero attached hydrogens (tertiary/aromatic N) is 1. The number of halogens is 2. The number of carboxylic acid groups (broad SMARTS) is 1. The van der Waals surface area contributed by atoms with Gasteiger partial charge in [-0.25, -0.2) is 8.78 Å². The molecular weight excluding hydrogens is 236 g/mol. The number of carbonyl (C=O) groups is 1. The number of alkyl halides is 2. The first-order valence-corrected chi connectivity index (χ1v) is 4.68. The molecule has 17 heavy (non-hydrogen) atoms. The van der Waals surface area contributed by atoms with Crippen molar-refractivity contribution in [2.45, 2.75) is 17.8 Å². The van der Waals surface area contributed by atoms with Gasteiger partial charge in [-0.15, -0.1) is 0 Å². The monoisotopic (exact) mass is 243 g/mol. The molecule has 1 fully saturated rings. The lowest BCUT2D eigenvalue weighted by molar-refractivity contribution is -0.385. The maximum absolute atomic E-state index is 13.2. The van der Waals surface area contributed by atoms with Gasteiger partial charge in [0.2, 0.25) is 0 Å². The van der Waals surface area contributed by atoms with Gasteiger partial charge >= 0.3 is 5.97 Å². The summed E-state index contributed by atoms with van der Waals surface area (Å²) >= 11 is 0. The van der Waals surface area contributed by atoms with E-state index in [-0.39, 0.29) is 0 Å². The van der Waals surface area contributed by atoms with E-state index in [1.165, 1.54) is 12.1 Å². The predicted molar refractivity (Wildman–Crippen MR) is 52.0 cm³/mol. The van der Waals surface area contributed by atoms with E-state index < -0.39 is 39.9 Å². The van der Waals surface area contributed by atoms with E-state index in [1.807, 2.05) is 0 Å². The van der Waals surface area contributed by atoms with Crippen molar-refractivity contribution in [1.29, 1.82) is 0 Å². The largest absolute Gasteiger partial charge is 0.480 e. The first-order chi connectivity index (χ1) is 7.83. The highest BCUT2D eigenvalue weighted by molar-refractivity contribution is 5.89. The fraction of sp³-hybridized carbons (Fsp3) is 0.300. The van der Waals surface area contributed by atoms with Crippen LogP contribution in [0.15, 0.2) is 24.3 Å². The zero-order valence-electron chi connectivity index (χ0n) is 8.39. The van der Waals surface area contributed by atoms with E-state index >= 15 is 0 Å². The van der Waals surface area contributed by atoms with E-state index in [4.69, 9.17) is 5.11 Å². The molecule has 1 N–H and O–H groups in total. The number of carboxylic acids is 1. The van der Waals surface area contributed by atoms with Crippen molar-refractivity contribution >= 4 is 11.7 Å². The average Bonchev–Trinajstić information content (AvgIpc) is 2.83. The topological polar surface area (TPSA) is 80.4 Å². The molecule has 0 radical (unpaired) electrons. The third-order valence-corrected chi connectivity index (χ3v) is 2.91. The minimum Gasteiger partial charge on any atom is -0.480 e. The summed E-state index contributed by atoms with van der Waals surface area (Å²) < 4.78 is 26.5. The van der Waals surface area contributed by atoms with Gasteiger partial charge in [-0.3, -0.25) is 14.9 Å². The van der Waals surface area contributed by atoms with Crippen molar-refractivity contribution in [3.63, 3.8) is 0 Å². The van der Waals surface area contributed by atoms with E-state index in [0.717, 1.165) is 12.1 Å². The SMILES string of the molecule is O=C(O)C1(c2ccccc2[N+](=O)[O-])CC1(F)F. The van der Waals surface area contributed by atoms with Crippen LogP contribution >= 0.6 is 0 Å². The van der Waals surface area contributed by atoms with Crippen LogP contribution in [0.5, 0.6) is 0 Å². The number of benzene rings is 1. The fourth-order valence-electron chi connectivity index (χ4n) is 1.92. The fourth-order valence-corrected chi connectivity index (χ4v) is 1.92. The normalized spacial score (nSPS) is 25.3. The van der Waals surface area contributed by atoms with Crippen LogP contribution in [0, 0.1) is 10.1 Å². The summed E-state index contributed by atoms with van der Waals surface area (Å²) in [6, 6.07) is 4.70. The van der Waals surface area contributed by atoms with Gasteiger partial charge in [-0.2, -0.15) is 0 Å². The van der Waals surface area contributed by atoms with E-state index in [0.29, 0.717) is 0 Å². The quantitative estimate of drug-likeness (QED) is 0.649. The van der Waals surface area contributed by atoms with Crippen molar-refractivity contribution in [2.24, 2.45) is 0 Å². The molecule has 0 saturated heterocycles. The van der Waals surface area contributed by atoms with Crippen LogP contribution in [-0.4, -0.2) is 21.9 Å². The van der Waals surface area contributed by atoms with Crippen LogP contribution in [0.3, 0.4) is 0 Å². The number of rotatable bonds is 3. The molecule has 1 saturated carbocycles. The molecule has 0 bridgehead atoms. The van der Waals surface area contributed by atoms with Gasteiger partial charge in [0.15, 0.2) is 5.41 Å². The molecule has 0 amide bonds. The molecule has 7 heteroatoms. The third kappa shape index (κ3) is 1.38. The van der Waals surface area contributed by atoms with Gasteiger partial charge in [0.25, 0.3) is 11.6 Å². The van der Waals surface area contributed by atoms with Crippen LogP contribution in [0.25, 0.3) is 0 Å². The first kappa shape index (κ1) is 11.4. The Hall–Kier alpha value is -2.05. The molecule has 0 aliphatic heterocycles. The number of hydrogen-bond acceptors (Lipinski definition) is 3. The van der Waals surface area contributed by atoms with Crippen molar-refractivity contribution < 1.29 is 23.6 Å². The maximum atomic E-state index is 13.2. The van der Waals surface area contributed by atoms with E-state index in [9.17, 15) is 23.7 Å². The second-order valence-electron chi connectivity index (χ2n) is 3.87. The molecule has 5 nitrogen and oxygen atoms in total. The molecule has 2 rings (SSSR count). The Morgan fingerprint density at radius 2 is 1.94 bits per heavy atom. The predicted octanol–water partition coefficient (Wildman–Crippen LogP) is 1.96. The molecule has 0 spiro atoms. The molecule has 1 aliphatic carbocycles. The second-order valence-corrected chi connectivity index (χ2v) is 3.87. The van der Waals surface area contributed by atoms with Gasteiger partial charge in [0, 0.05) is 12.5 Å². The van der Waals surface area contributed by atoms with Crippen LogP contribution in [0.2, 0.25) is 0 Å². The number of nitro benzene ring substituents is 1. The summed E-state index contributed by atoms with van der Waals surface area (Å²) in [6.45, 7) is 0. The van der Waals surface area contributed by atoms with Gasteiger partial charge in [-0.1, -0.05) is 18.2 Å². The molecule has 1 unspecified atom stereocenters. The average molecular weight is 243 g/mol. The molecule has 1 atom stereocenters. The van der Waals surface area contributed by atoms with Crippen LogP contribution in [0.4, 0.5) is 14.5 Å². The molecular formula is C10H7F2NO4. The molecule has 90 valence electrons. The standard InChI is InChI=1S/C10H7F2NO4/c11-10(12)5-9(10,8(14)15)6-3-1-2-4-7(6)13(16)17/h1-4H,5H2,(H,14,15). The van der Waals surface area contributed by atoms with Crippen LogP contribution in [0.1, 0.15) is 12.0 Å². The number of nitro groups is 1. The van der Waals surface area contributed by atoms with Gasteiger partial charge < -0.3 is 5.11 Å². The summed E-state index contributed by atoms with van der Waals surface area (Å²) in [5.41, 5.74) is -3.48.